The molecule has 2 aromatic carbocycles. The van der Waals surface area contributed by atoms with Crippen molar-refractivity contribution in [1.29, 1.82) is 0 Å². The first-order valence-corrected chi connectivity index (χ1v) is 18.8. The van der Waals surface area contributed by atoms with E-state index in [2.05, 4.69) is 102 Å². The van der Waals surface area contributed by atoms with Crippen LogP contribution in [0.25, 0.3) is 0 Å². The van der Waals surface area contributed by atoms with Crippen LogP contribution in [0.4, 0.5) is 5.69 Å². The number of carbonyl (C=O) groups is 2. The van der Waals surface area contributed by atoms with Crippen molar-refractivity contribution in [2.45, 2.75) is 114 Å². The van der Waals surface area contributed by atoms with Gasteiger partial charge in [0.1, 0.15) is 11.5 Å². The van der Waals surface area contributed by atoms with Crippen LogP contribution in [0, 0.1) is 17.8 Å². The number of nitrogens with one attached hydrogen (secondary N) is 1. The molecule has 4 aliphatic rings. The monoisotopic (exact) mass is 667 g/mol. The number of para-hydroxylation sites is 1. The van der Waals surface area contributed by atoms with E-state index in [0.29, 0.717) is 30.9 Å². The number of thioether (sulfide) groups is 2. The molecule has 0 radical (unpaired) electrons. The van der Waals surface area contributed by atoms with E-state index in [-0.39, 0.29) is 39.6 Å². The largest absolute Gasteiger partial charge is 0.507 e. The molecular formula is C41H49NO3S2. The van der Waals surface area contributed by atoms with Crippen LogP contribution in [-0.2, 0) is 20.4 Å². The summed E-state index contributed by atoms with van der Waals surface area (Å²) in [4.78, 5) is 30.9. The van der Waals surface area contributed by atoms with Crippen LogP contribution >= 0.6 is 23.5 Å². The molecule has 2 aromatic rings. The van der Waals surface area contributed by atoms with Gasteiger partial charge in [0.15, 0.2) is 5.12 Å². The van der Waals surface area contributed by atoms with Crippen molar-refractivity contribution in [3.05, 3.63) is 93.5 Å². The van der Waals surface area contributed by atoms with Crippen molar-refractivity contribution in [3.8, 4) is 5.75 Å². The number of anilines is 1. The molecule has 0 aromatic heterocycles. The first-order valence-electron chi connectivity index (χ1n) is 17.2. The first-order chi connectivity index (χ1) is 22.2. The standard InChI is InChI=1S/C41H49NO3S2/c1-24-29-23-36-33(42-32-15-10-11-17-35(32)47-36)20-26(29)19-25-13-8-9-14-28(25)38(24)34(43)16-12-18-37(44)46-27-21-30(40(2,3)4)39(45)31(22-27)41(5,6)7/h8-11,14-15,17,21-25,33,38,42,45H,12-13,16,18-20H2,1-7H3/t24-,25?,33?,38?/m1/s1. The SMILES string of the molecule is C[C@@H]1C2=C(CC3CC=CC=C3C1C(=O)CCCC(=O)Sc1cc(C(C)(C)C)c(O)c(C(C)(C)C)c1)CC1Nc3ccccc3SC1=C2. The highest BCUT2D eigenvalue weighted by atomic mass is 32.2. The Balaban J connectivity index is 1.17. The molecule has 3 aliphatic carbocycles. The summed E-state index contributed by atoms with van der Waals surface area (Å²) in [6.45, 7) is 14.7. The van der Waals surface area contributed by atoms with Crippen molar-refractivity contribution >= 4 is 40.1 Å². The van der Waals surface area contributed by atoms with Crippen molar-refractivity contribution in [2.75, 3.05) is 5.32 Å². The smallest absolute Gasteiger partial charge is 0.193 e. The fourth-order valence-electron chi connectivity index (χ4n) is 7.73. The minimum Gasteiger partial charge on any atom is -0.507 e. The molecule has 6 rings (SSSR count). The number of aromatic hydroxyl groups is 1. The number of phenols is 1. The lowest BCUT2D eigenvalue weighted by Crippen LogP contribution is -2.30. The normalized spacial score (nSPS) is 23.7. The molecule has 4 nitrogen and oxygen atoms in total. The lowest BCUT2D eigenvalue weighted by Gasteiger charge is -2.35. The third-order valence-electron chi connectivity index (χ3n) is 10.2. The van der Waals surface area contributed by atoms with E-state index < -0.39 is 0 Å². The predicted octanol–water partition coefficient (Wildman–Crippen LogP) is 10.7. The molecule has 4 atom stereocenters. The number of benzene rings is 2. The Morgan fingerprint density at radius 2 is 1.70 bits per heavy atom. The number of allylic oxidation sites excluding steroid dienone is 6. The summed E-state index contributed by atoms with van der Waals surface area (Å²) in [5.74, 6) is 0.859. The molecule has 1 heterocycles. The highest BCUT2D eigenvalue weighted by molar-refractivity contribution is 8.13. The molecule has 3 unspecified atom stereocenters. The van der Waals surface area contributed by atoms with Gasteiger partial charge in [-0.15, -0.1) is 0 Å². The molecule has 1 aliphatic heterocycles. The summed E-state index contributed by atoms with van der Waals surface area (Å²) < 4.78 is 0. The van der Waals surface area contributed by atoms with Crippen LogP contribution < -0.4 is 5.32 Å². The Labute approximate surface area is 289 Å². The van der Waals surface area contributed by atoms with E-state index in [4.69, 9.17) is 0 Å². The highest BCUT2D eigenvalue weighted by Crippen LogP contribution is 2.51. The molecule has 0 saturated heterocycles. The van der Waals surface area contributed by atoms with Gasteiger partial charge in [-0.25, -0.2) is 0 Å². The summed E-state index contributed by atoms with van der Waals surface area (Å²) in [5, 5.41) is 14.9. The maximum Gasteiger partial charge on any atom is 0.193 e. The number of ketones is 1. The zero-order valence-electron chi connectivity index (χ0n) is 28.9. The Morgan fingerprint density at radius 1 is 1.00 bits per heavy atom. The van der Waals surface area contributed by atoms with Gasteiger partial charge in [-0.2, -0.15) is 0 Å². The molecule has 2 N–H and O–H groups in total. The molecule has 6 heteroatoms. The van der Waals surface area contributed by atoms with Crippen LogP contribution in [-0.4, -0.2) is 22.0 Å². The van der Waals surface area contributed by atoms with Gasteiger partial charge < -0.3 is 10.4 Å². The van der Waals surface area contributed by atoms with Crippen molar-refractivity contribution in [1.82, 2.24) is 0 Å². The van der Waals surface area contributed by atoms with Crippen LogP contribution in [0.3, 0.4) is 0 Å². The van der Waals surface area contributed by atoms with E-state index in [1.54, 1.807) is 0 Å². The van der Waals surface area contributed by atoms with Crippen LogP contribution in [0.2, 0.25) is 0 Å². The number of hydrogen-bond donors (Lipinski definition) is 2. The van der Waals surface area contributed by atoms with Crippen molar-refractivity contribution < 1.29 is 14.7 Å². The minimum absolute atomic E-state index is 0.0602. The Hall–Kier alpha value is -2.96. The number of Topliss-reactive ketones (excluding diaryl/α,β-unsaturated/α-hetero) is 1. The molecule has 0 fully saturated rings. The average Bonchev–Trinajstić information content (AvgIpc) is 3.11. The fourth-order valence-corrected chi connectivity index (χ4v) is 9.70. The van der Waals surface area contributed by atoms with Crippen LogP contribution in [0.1, 0.15) is 98.1 Å². The lowest BCUT2D eigenvalue weighted by atomic mass is 9.74. The lowest BCUT2D eigenvalue weighted by molar-refractivity contribution is -0.123. The molecule has 0 bridgehead atoms. The van der Waals surface area contributed by atoms with Crippen molar-refractivity contribution in [2.24, 2.45) is 17.8 Å². The second-order valence-electron chi connectivity index (χ2n) is 15.8. The van der Waals surface area contributed by atoms with Gasteiger partial charge in [-0.3, -0.25) is 9.59 Å². The van der Waals surface area contributed by atoms with Gasteiger partial charge in [-0.1, -0.05) is 113 Å². The summed E-state index contributed by atoms with van der Waals surface area (Å²) in [7, 11) is 0. The third kappa shape index (κ3) is 7.10. The maximum absolute atomic E-state index is 14.2. The number of carbonyl (C=O) groups excluding carboxylic acids is 2. The van der Waals surface area contributed by atoms with E-state index >= 15 is 0 Å². The Kier molecular flexibility index (Phi) is 9.50. The molecule has 0 saturated carbocycles. The second-order valence-corrected chi connectivity index (χ2v) is 18.0. The Bertz CT molecular complexity index is 1680. The Morgan fingerprint density at radius 3 is 2.40 bits per heavy atom. The molecule has 47 heavy (non-hydrogen) atoms. The summed E-state index contributed by atoms with van der Waals surface area (Å²) in [5.41, 5.74) is 6.52. The van der Waals surface area contributed by atoms with Gasteiger partial charge >= 0.3 is 0 Å². The summed E-state index contributed by atoms with van der Waals surface area (Å²) in [6, 6.07) is 12.7. The van der Waals surface area contributed by atoms with E-state index in [1.807, 2.05) is 23.9 Å². The molecule has 0 amide bonds. The van der Waals surface area contributed by atoms with Gasteiger partial charge in [0.05, 0.1) is 6.04 Å². The van der Waals surface area contributed by atoms with Gasteiger partial charge in [0.25, 0.3) is 0 Å². The van der Waals surface area contributed by atoms with Crippen LogP contribution in [0.15, 0.2) is 92.1 Å². The minimum atomic E-state index is -0.256. The topological polar surface area (TPSA) is 66.4 Å². The third-order valence-corrected chi connectivity index (χ3v) is 12.3. The summed E-state index contributed by atoms with van der Waals surface area (Å²) in [6.07, 6.45) is 13.2. The van der Waals surface area contributed by atoms with E-state index in [9.17, 15) is 14.7 Å². The predicted molar refractivity (Wildman–Crippen MR) is 197 cm³/mol. The van der Waals surface area contributed by atoms with Crippen LogP contribution in [0.5, 0.6) is 5.75 Å². The fraction of sp³-hybridized carbons (Fsp3) is 0.463. The van der Waals surface area contributed by atoms with E-state index in [0.717, 1.165) is 35.3 Å². The zero-order chi connectivity index (χ0) is 33.7. The summed E-state index contributed by atoms with van der Waals surface area (Å²) >= 11 is 3.10. The number of hydrogen-bond acceptors (Lipinski definition) is 6. The van der Waals surface area contributed by atoms with Gasteiger partial charge in [-0.05, 0) is 84.3 Å². The quantitative estimate of drug-likeness (QED) is 0.299. The molecule has 0 spiro atoms. The zero-order valence-corrected chi connectivity index (χ0v) is 30.5. The maximum atomic E-state index is 14.2. The second kappa shape index (κ2) is 13.2. The van der Waals surface area contributed by atoms with E-state index in [1.165, 1.54) is 44.0 Å². The molecular weight excluding hydrogens is 619 g/mol. The van der Waals surface area contributed by atoms with Gasteiger partial charge in [0.2, 0.25) is 0 Å². The number of fused-ring (bicyclic) bond motifs is 3. The first kappa shape index (κ1) is 33.9. The van der Waals surface area contributed by atoms with Gasteiger partial charge in [0, 0.05) is 50.3 Å². The molecule has 248 valence electrons. The number of rotatable bonds is 6. The highest BCUT2D eigenvalue weighted by Gasteiger charge is 2.41. The number of phenolic OH excluding ortho intramolecular Hbond substituents is 1. The average molecular weight is 668 g/mol. The van der Waals surface area contributed by atoms with Crippen molar-refractivity contribution in [3.63, 3.8) is 0 Å².